The maximum Gasteiger partial charge on any atom is 0.416 e. The summed E-state index contributed by atoms with van der Waals surface area (Å²) < 4.78 is 37.9. The van der Waals surface area contributed by atoms with Crippen molar-refractivity contribution < 1.29 is 38.2 Å². The van der Waals surface area contributed by atoms with Crippen molar-refractivity contribution in [2.24, 2.45) is 0 Å². The Balaban J connectivity index is 3.25. The average molecular weight is 309 g/mol. The Morgan fingerprint density at radius 2 is 1.86 bits per heavy atom. The van der Waals surface area contributed by atoms with Crippen molar-refractivity contribution in [3.63, 3.8) is 0 Å². The van der Waals surface area contributed by atoms with Crippen LogP contribution >= 0.6 is 0 Å². The smallest absolute Gasteiger partial charge is 0.416 e. The Morgan fingerprint density at radius 3 is 2.29 bits per heavy atom. The van der Waals surface area contributed by atoms with E-state index in [1.165, 1.54) is 0 Å². The molecule has 0 aliphatic carbocycles. The van der Waals surface area contributed by atoms with E-state index in [9.17, 15) is 38.3 Å². The first-order valence-electron chi connectivity index (χ1n) is 5.47. The number of nitrogens with zero attached hydrogens (tertiary/aromatic N) is 1. The molecule has 2 atom stereocenters. The van der Waals surface area contributed by atoms with Gasteiger partial charge >= 0.3 is 12.1 Å². The number of non-ortho nitro benzene ring substituents is 1. The molecule has 0 fully saturated rings. The van der Waals surface area contributed by atoms with Crippen molar-refractivity contribution in [2.45, 2.75) is 24.8 Å². The number of nitro groups is 1. The molecular formula is C11H10F3NO6. The number of rotatable bonds is 5. The quantitative estimate of drug-likeness (QED) is 0.559. The van der Waals surface area contributed by atoms with Crippen LogP contribution in [0, 0.1) is 10.1 Å². The van der Waals surface area contributed by atoms with Gasteiger partial charge in [-0.1, -0.05) is 0 Å². The summed E-state index contributed by atoms with van der Waals surface area (Å²) in [5, 5.41) is 38.1. The zero-order chi connectivity index (χ0) is 16.4. The second kappa shape index (κ2) is 6.06. The molecule has 0 aromatic heterocycles. The van der Waals surface area contributed by atoms with Crippen molar-refractivity contribution in [2.75, 3.05) is 0 Å². The van der Waals surface area contributed by atoms with Crippen molar-refractivity contribution in [1.82, 2.24) is 0 Å². The van der Waals surface area contributed by atoms with Crippen molar-refractivity contribution in [3.8, 4) is 0 Å². The standard InChI is InChI=1S/C11H10F3NO6/c12-11(13,14)6-1-5(2-7(3-6)15(20)21)10(19)8(16)4-9(17)18/h1-3,8,10,16,19H,4H2,(H,17,18). The number of aliphatic hydroxyl groups is 2. The zero-order valence-corrected chi connectivity index (χ0v) is 10.2. The van der Waals surface area contributed by atoms with E-state index in [1.807, 2.05) is 0 Å². The second-order valence-corrected chi connectivity index (χ2v) is 4.18. The van der Waals surface area contributed by atoms with Gasteiger partial charge in [-0.2, -0.15) is 13.2 Å². The van der Waals surface area contributed by atoms with Crippen LogP contribution in [-0.2, 0) is 11.0 Å². The zero-order valence-electron chi connectivity index (χ0n) is 10.2. The van der Waals surface area contributed by atoms with Gasteiger partial charge in [-0.3, -0.25) is 14.9 Å². The summed E-state index contributed by atoms with van der Waals surface area (Å²) in [5.41, 5.74) is -2.90. The molecule has 1 rings (SSSR count). The normalized spacial score (nSPS) is 14.5. The molecule has 7 nitrogen and oxygen atoms in total. The van der Waals surface area contributed by atoms with Crippen LogP contribution in [-0.4, -0.2) is 32.3 Å². The SMILES string of the molecule is O=C(O)CC(O)C(O)c1cc([N+](=O)[O-])cc(C(F)(F)F)c1. The molecule has 0 bridgehead atoms. The number of carbonyl (C=O) groups is 1. The van der Waals surface area contributed by atoms with Crippen LogP contribution in [0.1, 0.15) is 23.7 Å². The summed E-state index contributed by atoms with van der Waals surface area (Å²) in [5.74, 6) is -1.48. The van der Waals surface area contributed by atoms with Crippen LogP contribution in [0.2, 0.25) is 0 Å². The molecule has 116 valence electrons. The summed E-state index contributed by atoms with van der Waals surface area (Å²) >= 11 is 0. The van der Waals surface area contributed by atoms with Crippen LogP contribution in [0.5, 0.6) is 0 Å². The summed E-state index contributed by atoms with van der Waals surface area (Å²) in [7, 11) is 0. The average Bonchev–Trinajstić information content (AvgIpc) is 2.35. The van der Waals surface area contributed by atoms with Gasteiger partial charge in [-0.05, 0) is 11.6 Å². The second-order valence-electron chi connectivity index (χ2n) is 4.18. The molecule has 0 saturated carbocycles. The minimum Gasteiger partial charge on any atom is -0.481 e. The van der Waals surface area contributed by atoms with Crippen molar-refractivity contribution in [3.05, 3.63) is 39.4 Å². The van der Waals surface area contributed by atoms with E-state index in [4.69, 9.17) is 5.11 Å². The molecule has 0 aliphatic heterocycles. The van der Waals surface area contributed by atoms with E-state index in [1.54, 1.807) is 0 Å². The third-order valence-electron chi connectivity index (χ3n) is 2.57. The summed E-state index contributed by atoms with van der Waals surface area (Å²) in [6, 6.07) is 1.34. The van der Waals surface area contributed by atoms with Gasteiger partial charge in [0, 0.05) is 12.1 Å². The predicted molar refractivity (Wildman–Crippen MR) is 61.3 cm³/mol. The molecule has 0 aliphatic rings. The van der Waals surface area contributed by atoms with E-state index >= 15 is 0 Å². The van der Waals surface area contributed by atoms with E-state index < -0.39 is 52.5 Å². The van der Waals surface area contributed by atoms with Gasteiger partial charge in [-0.15, -0.1) is 0 Å². The number of hydrogen-bond acceptors (Lipinski definition) is 5. The van der Waals surface area contributed by atoms with Crippen LogP contribution in [0.25, 0.3) is 0 Å². The fourth-order valence-electron chi connectivity index (χ4n) is 1.59. The Hall–Kier alpha value is -2.20. The molecule has 1 aromatic carbocycles. The minimum atomic E-state index is -4.89. The first kappa shape index (κ1) is 16.9. The summed E-state index contributed by atoms with van der Waals surface area (Å²) in [4.78, 5) is 19.9. The molecule has 21 heavy (non-hydrogen) atoms. The third-order valence-corrected chi connectivity index (χ3v) is 2.57. The van der Waals surface area contributed by atoms with Gasteiger partial charge in [0.2, 0.25) is 0 Å². The summed E-state index contributed by atoms with van der Waals surface area (Å²) in [6.45, 7) is 0. The van der Waals surface area contributed by atoms with Crippen molar-refractivity contribution >= 4 is 11.7 Å². The Kier molecular flexibility index (Phi) is 4.86. The van der Waals surface area contributed by atoms with Gasteiger partial charge in [0.1, 0.15) is 6.10 Å². The lowest BCUT2D eigenvalue weighted by Gasteiger charge is -2.17. The van der Waals surface area contributed by atoms with Gasteiger partial charge in [0.15, 0.2) is 0 Å². The van der Waals surface area contributed by atoms with Crippen LogP contribution < -0.4 is 0 Å². The minimum absolute atomic E-state index is 0.278. The molecule has 1 aromatic rings. The first-order chi connectivity index (χ1) is 9.52. The number of carboxylic acid groups (broad SMARTS) is 1. The molecule has 0 heterocycles. The largest absolute Gasteiger partial charge is 0.481 e. The highest BCUT2D eigenvalue weighted by atomic mass is 19.4. The molecule has 10 heteroatoms. The third kappa shape index (κ3) is 4.39. The van der Waals surface area contributed by atoms with E-state index in [0.717, 1.165) is 0 Å². The molecule has 0 radical (unpaired) electrons. The lowest BCUT2D eigenvalue weighted by atomic mass is 9.99. The van der Waals surface area contributed by atoms with Gasteiger partial charge < -0.3 is 15.3 Å². The van der Waals surface area contributed by atoms with Gasteiger partial charge in [0.25, 0.3) is 5.69 Å². The monoisotopic (exact) mass is 309 g/mol. The maximum absolute atomic E-state index is 12.6. The molecular weight excluding hydrogens is 299 g/mol. The highest BCUT2D eigenvalue weighted by molar-refractivity contribution is 5.67. The van der Waals surface area contributed by atoms with Crippen LogP contribution in [0.15, 0.2) is 18.2 Å². The van der Waals surface area contributed by atoms with Crippen LogP contribution in [0.4, 0.5) is 18.9 Å². The number of alkyl halides is 3. The molecule has 2 unspecified atom stereocenters. The summed E-state index contributed by atoms with van der Waals surface area (Å²) in [6.07, 6.45) is -9.71. The first-order valence-corrected chi connectivity index (χ1v) is 5.47. The fraction of sp³-hybridized carbons (Fsp3) is 0.364. The number of carboxylic acids is 1. The van der Waals surface area contributed by atoms with Gasteiger partial charge in [0.05, 0.1) is 23.0 Å². The van der Waals surface area contributed by atoms with Gasteiger partial charge in [-0.25, -0.2) is 0 Å². The maximum atomic E-state index is 12.6. The van der Waals surface area contributed by atoms with Crippen molar-refractivity contribution in [1.29, 1.82) is 0 Å². The molecule has 0 amide bonds. The molecule has 3 N–H and O–H groups in total. The molecule has 0 spiro atoms. The number of hydrogen-bond donors (Lipinski definition) is 3. The Labute approximate surface area is 115 Å². The number of halogens is 3. The van der Waals surface area contributed by atoms with Crippen LogP contribution in [0.3, 0.4) is 0 Å². The fourth-order valence-corrected chi connectivity index (χ4v) is 1.59. The predicted octanol–water partition coefficient (Wildman–Crippen LogP) is 1.48. The number of nitro benzene ring substituents is 1. The highest BCUT2D eigenvalue weighted by Crippen LogP contribution is 2.34. The lowest BCUT2D eigenvalue weighted by Crippen LogP contribution is -2.22. The number of aliphatic carboxylic acids is 1. The van der Waals surface area contributed by atoms with E-state index in [0.29, 0.717) is 12.1 Å². The molecule has 0 saturated heterocycles. The topological polar surface area (TPSA) is 121 Å². The van der Waals surface area contributed by atoms with E-state index in [-0.39, 0.29) is 6.07 Å². The number of benzene rings is 1. The highest BCUT2D eigenvalue weighted by Gasteiger charge is 2.34. The number of aliphatic hydroxyl groups excluding tert-OH is 2. The van der Waals surface area contributed by atoms with E-state index in [2.05, 4.69) is 0 Å². The lowest BCUT2D eigenvalue weighted by molar-refractivity contribution is -0.385. The Morgan fingerprint density at radius 1 is 1.29 bits per heavy atom. The Bertz CT molecular complexity index is 559.